The molecule has 0 unspecified atom stereocenters. The Labute approximate surface area is 83.3 Å². The molecule has 70 valence electrons. The Bertz CT molecular complexity index is 339. The second-order valence-corrected chi connectivity index (χ2v) is 4.81. The summed E-state index contributed by atoms with van der Waals surface area (Å²) in [6, 6.07) is 4.12. The van der Waals surface area contributed by atoms with Gasteiger partial charge in [0, 0.05) is 11.1 Å². The molecular weight excluding hydrogens is 180 g/mol. The van der Waals surface area contributed by atoms with Gasteiger partial charge in [0.1, 0.15) is 6.07 Å². The lowest BCUT2D eigenvalue weighted by molar-refractivity contribution is 0.569. The standard InChI is InChI=1S/C10H14N2S/c1-10(2,3)8-5-7(6-11)9(12-8)13-4/h5,12H,1-4H3. The molecule has 0 saturated carbocycles. The molecular formula is C10H14N2S. The summed E-state index contributed by atoms with van der Waals surface area (Å²) < 4.78 is 0. The lowest BCUT2D eigenvalue weighted by Gasteiger charge is -2.15. The van der Waals surface area contributed by atoms with Gasteiger partial charge < -0.3 is 4.98 Å². The van der Waals surface area contributed by atoms with Crippen LogP contribution in [0.2, 0.25) is 0 Å². The van der Waals surface area contributed by atoms with Crippen molar-refractivity contribution in [1.82, 2.24) is 4.98 Å². The maximum atomic E-state index is 8.85. The first-order chi connectivity index (χ1) is 5.99. The minimum Gasteiger partial charge on any atom is -0.352 e. The third-order valence-corrected chi connectivity index (χ3v) is 2.64. The predicted octanol–water partition coefficient (Wildman–Crippen LogP) is 2.91. The van der Waals surface area contributed by atoms with Gasteiger partial charge in [0.25, 0.3) is 0 Å². The predicted molar refractivity (Wildman–Crippen MR) is 56.0 cm³/mol. The molecule has 3 heteroatoms. The van der Waals surface area contributed by atoms with Gasteiger partial charge in [-0.1, -0.05) is 20.8 Å². The monoisotopic (exact) mass is 194 g/mol. The number of H-pyrrole nitrogens is 1. The molecule has 2 nitrogen and oxygen atoms in total. The van der Waals surface area contributed by atoms with Crippen molar-refractivity contribution in [2.45, 2.75) is 31.2 Å². The van der Waals surface area contributed by atoms with E-state index in [1.54, 1.807) is 11.8 Å². The highest BCUT2D eigenvalue weighted by atomic mass is 32.2. The number of aromatic nitrogens is 1. The van der Waals surface area contributed by atoms with E-state index in [1.807, 2.05) is 12.3 Å². The van der Waals surface area contributed by atoms with Crippen LogP contribution < -0.4 is 0 Å². The molecule has 13 heavy (non-hydrogen) atoms. The summed E-state index contributed by atoms with van der Waals surface area (Å²) in [4.78, 5) is 3.26. The van der Waals surface area contributed by atoms with Crippen LogP contribution in [0.4, 0.5) is 0 Å². The van der Waals surface area contributed by atoms with Crippen LogP contribution in [0.25, 0.3) is 0 Å². The molecule has 1 aromatic heterocycles. The van der Waals surface area contributed by atoms with Crippen LogP contribution in [0.15, 0.2) is 11.1 Å². The molecule has 0 atom stereocenters. The fourth-order valence-electron chi connectivity index (χ4n) is 1.08. The van der Waals surface area contributed by atoms with Crippen molar-refractivity contribution in [3.63, 3.8) is 0 Å². The van der Waals surface area contributed by atoms with E-state index in [1.165, 1.54) is 0 Å². The summed E-state index contributed by atoms with van der Waals surface area (Å²) in [5.41, 5.74) is 1.95. The highest BCUT2D eigenvalue weighted by molar-refractivity contribution is 7.98. The van der Waals surface area contributed by atoms with E-state index in [9.17, 15) is 0 Å². The van der Waals surface area contributed by atoms with Crippen LogP contribution in [0.3, 0.4) is 0 Å². The molecule has 0 saturated heterocycles. The molecule has 0 spiro atoms. The van der Waals surface area contributed by atoms with Crippen molar-refractivity contribution < 1.29 is 0 Å². The summed E-state index contributed by atoms with van der Waals surface area (Å²) >= 11 is 1.58. The average molecular weight is 194 g/mol. The van der Waals surface area contributed by atoms with E-state index in [0.29, 0.717) is 0 Å². The number of hydrogen-bond acceptors (Lipinski definition) is 2. The topological polar surface area (TPSA) is 39.6 Å². The maximum Gasteiger partial charge on any atom is 0.102 e. The second kappa shape index (κ2) is 3.47. The van der Waals surface area contributed by atoms with E-state index in [4.69, 9.17) is 5.26 Å². The molecule has 0 radical (unpaired) electrons. The third kappa shape index (κ3) is 2.07. The van der Waals surface area contributed by atoms with Gasteiger partial charge in [-0.25, -0.2) is 0 Å². The van der Waals surface area contributed by atoms with E-state index < -0.39 is 0 Å². The first-order valence-electron chi connectivity index (χ1n) is 4.16. The van der Waals surface area contributed by atoms with Gasteiger partial charge in [0.2, 0.25) is 0 Å². The lowest BCUT2D eigenvalue weighted by Crippen LogP contribution is -2.11. The number of nitrogens with one attached hydrogen (secondary N) is 1. The summed E-state index contributed by atoms with van der Waals surface area (Å²) in [6.07, 6.45) is 1.97. The van der Waals surface area contributed by atoms with Crippen LogP contribution in [-0.2, 0) is 5.41 Å². The fourth-order valence-corrected chi connectivity index (χ4v) is 1.62. The fraction of sp³-hybridized carbons (Fsp3) is 0.500. The summed E-state index contributed by atoms with van der Waals surface area (Å²) in [5.74, 6) is 0. The zero-order valence-electron chi connectivity index (χ0n) is 8.43. The van der Waals surface area contributed by atoms with E-state index >= 15 is 0 Å². The van der Waals surface area contributed by atoms with Crippen molar-refractivity contribution >= 4 is 11.8 Å². The van der Waals surface area contributed by atoms with Crippen LogP contribution in [-0.4, -0.2) is 11.2 Å². The Morgan fingerprint density at radius 3 is 2.38 bits per heavy atom. The zero-order valence-corrected chi connectivity index (χ0v) is 9.25. The highest BCUT2D eigenvalue weighted by Gasteiger charge is 2.18. The van der Waals surface area contributed by atoms with Crippen molar-refractivity contribution in [2.24, 2.45) is 0 Å². The molecule has 1 rings (SSSR count). The Morgan fingerprint density at radius 1 is 1.46 bits per heavy atom. The quantitative estimate of drug-likeness (QED) is 0.698. The molecule has 0 aromatic carbocycles. The molecule has 0 bridgehead atoms. The molecule has 1 heterocycles. The van der Waals surface area contributed by atoms with Gasteiger partial charge in [0.05, 0.1) is 10.6 Å². The molecule has 0 fully saturated rings. The van der Waals surface area contributed by atoms with Gasteiger partial charge in [0.15, 0.2) is 0 Å². The summed E-state index contributed by atoms with van der Waals surface area (Å²) in [5, 5.41) is 9.81. The van der Waals surface area contributed by atoms with Crippen LogP contribution in [0, 0.1) is 11.3 Å². The average Bonchev–Trinajstić information content (AvgIpc) is 2.45. The summed E-state index contributed by atoms with van der Waals surface area (Å²) in [6.45, 7) is 6.39. The van der Waals surface area contributed by atoms with Crippen LogP contribution >= 0.6 is 11.8 Å². The number of hydrogen-bond donors (Lipinski definition) is 1. The van der Waals surface area contributed by atoms with E-state index in [0.717, 1.165) is 16.3 Å². The number of aromatic amines is 1. The first-order valence-corrected chi connectivity index (χ1v) is 5.39. The first kappa shape index (κ1) is 10.2. The zero-order chi connectivity index (χ0) is 10.1. The number of nitrogens with zero attached hydrogens (tertiary/aromatic N) is 1. The Balaban J connectivity index is 3.16. The Hall–Kier alpha value is -0.880. The van der Waals surface area contributed by atoms with Gasteiger partial charge in [-0.05, 0) is 12.3 Å². The van der Waals surface area contributed by atoms with Gasteiger partial charge in [-0.15, -0.1) is 11.8 Å². The SMILES string of the molecule is CSc1[nH]c(C(C)(C)C)cc1C#N. The smallest absolute Gasteiger partial charge is 0.102 e. The number of thioether (sulfide) groups is 1. The minimum absolute atomic E-state index is 0.0829. The Morgan fingerprint density at radius 2 is 2.08 bits per heavy atom. The molecule has 1 N–H and O–H groups in total. The second-order valence-electron chi connectivity index (χ2n) is 3.99. The van der Waals surface area contributed by atoms with Gasteiger partial charge in [-0.3, -0.25) is 0 Å². The van der Waals surface area contributed by atoms with E-state index in [2.05, 4.69) is 31.8 Å². The number of nitriles is 1. The van der Waals surface area contributed by atoms with Crippen molar-refractivity contribution in [3.05, 3.63) is 17.3 Å². The van der Waals surface area contributed by atoms with Gasteiger partial charge >= 0.3 is 0 Å². The Kier molecular flexibility index (Phi) is 2.72. The molecule has 0 amide bonds. The van der Waals surface area contributed by atoms with Crippen molar-refractivity contribution in [3.8, 4) is 6.07 Å². The summed E-state index contributed by atoms with van der Waals surface area (Å²) in [7, 11) is 0. The largest absolute Gasteiger partial charge is 0.352 e. The molecule has 0 aliphatic heterocycles. The number of rotatable bonds is 1. The molecule has 0 aliphatic rings. The van der Waals surface area contributed by atoms with Crippen molar-refractivity contribution in [1.29, 1.82) is 5.26 Å². The highest BCUT2D eigenvalue weighted by Crippen LogP contribution is 2.27. The third-order valence-electron chi connectivity index (χ3n) is 1.91. The van der Waals surface area contributed by atoms with Crippen LogP contribution in [0.5, 0.6) is 0 Å². The molecule has 1 aromatic rings. The van der Waals surface area contributed by atoms with Crippen molar-refractivity contribution in [2.75, 3.05) is 6.26 Å². The van der Waals surface area contributed by atoms with Crippen LogP contribution in [0.1, 0.15) is 32.0 Å². The molecule has 0 aliphatic carbocycles. The van der Waals surface area contributed by atoms with Gasteiger partial charge in [-0.2, -0.15) is 5.26 Å². The lowest BCUT2D eigenvalue weighted by atomic mass is 9.92. The normalized spacial score (nSPS) is 11.3. The maximum absolute atomic E-state index is 8.85. The minimum atomic E-state index is 0.0829. The van der Waals surface area contributed by atoms with E-state index in [-0.39, 0.29) is 5.41 Å².